The summed E-state index contributed by atoms with van der Waals surface area (Å²) >= 11 is 0. The molecule has 0 amide bonds. The van der Waals surface area contributed by atoms with Gasteiger partial charge in [0, 0.05) is 6.42 Å². The first kappa shape index (κ1) is 7.15. The van der Waals surface area contributed by atoms with Gasteiger partial charge in [-0.1, -0.05) is 18.2 Å². The van der Waals surface area contributed by atoms with Gasteiger partial charge < -0.3 is 4.79 Å². The van der Waals surface area contributed by atoms with E-state index in [0.29, 0.717) is 6.42 Å². The van der Waals surface area contributed by atoms with Gasteiger partial charge in [-0.15, -0.1) is 6.58 Å². The molecule has 0 atom stereocenters. The molecule has 0 radical (unpaired) electrons. The molecule has 0 spiro atoms. The minimum Gasteiger partial charge on any atom is -0.303 e. The summed E-state index contributed by atoms with van der Waals surface area (Å²) in [5.74, 6) is 0. The highest BCUT2D eigenvalue weighted by Gasteiger charge is 1.85. The van der Waals surface area contributed by atoms with Crippen molar-refractivity contribution in [2.75, 3.05) is 0 Å². The van der Waals surface area contributed by atoms with Crippen LogP contribution in [0.25, 0.3) is 0 Å². The van der Waals surface area contributed by atoms with Gasteiger partial charge in [0.05, 0.1) is 0 Å². The maximum Gasteiger partial charge on any atom is 0.124 e. The standard InChI is InChI=1S/C7H10O/c1-3-4-7(2)5-6-8/h3,6H,1-2,4-5H2. The Bertz CT molecular complexity index is 91.0. The van der Waals surface area contributed by atoms with Crippen molar-refractivity contribution in [3.63, 3.8) is 0 Å². The van der Waals surface area contributed by atoms with E-state index in [1.807, 2.05) is 0 Å². The zero-order valence-electron chi connectivity index (χ0n) is 4.89. The van der Waals surface area contributed by atoms with E-state index < -0.39 is 0 Å². The lowest BCUT2D eigenvalue weighted by molar-refractivity contribution is -0.107. The molecule has 0 aromatic rings. The van der Waals surface area contributed by atoms with Gasteiger partial charge in [-0.2, -0.15) is 0 Å². The van der Waals surface area contributed by atoms with Gasteiger partial charge in [-0.25, -0.2) is 0 Å². The van der Waals surface area contributed by atoms with Gasteiger partial charge in [-0.05, 0) is 6.42 Å². The normalized spacial score (nSPS) is 8.00. The van der Waals surface area contributed by atoms with E-state index in [-0.39, 0.29) is 0 Å². The number of carbonyl (C=O) groups excluding carboxylic acids is 1. The number of hydrogen-bond acceptors (Lipinski definition) is 1. The minimum absolute atomic E-state index is 0.464. The van der Waals surface area contributed by atoms with Crippen LogP contribution in [0.2, 0.25) is 0 Å². The van der Waals surface area contributed by atoms with Crippen molar-refractivity contribution in [1.29, 1.82) is 0 Å². The van der Waals surface area contributed by atoms with Crippen molar-refractivity contribution >= 4 is 6.29 Å². The first-order valence-corrected chi connectivity index (χ1v) is 2.52. The molecular formula is C7H10O. The Balaban J connectivity index is 3.32. The van der Waals surface area contributed by atoms with Crippen molar-refractivity contribution in [3.05, 3.63) is 24.8 Å². The summed E-state index contributed by atoms with van der Waals surface area (Å²) in [5, 5.41) is 0. The number of allylic oxidation sites excluding steroid dienone is 2. The molecule has 44 valence electrons. The predicted molar refractivity (Wildman–Crippen MR) is 34.6 cm³/mol. The molecule has 8 heavy (non-hydrogen) atoms. The Morgan fingerprint density at radius 2 is 2.12 bits per heavy atom. The zero-order valence-corrected chi connectivity index (χ0v) is 4.89. The maximum atomic E-state index is 9.79. The molecule has 0 rings (SSSR count). The van der Waals surface area contributed by atoms with Crippen molar-refractivity contribution in [3.8, 4) is 0 Å². The van der Waals surface area contributed by atoms with Gasteiger partial charge in [0.15, 0.2) is 0 Å². The van der Waals surface area contributed by atoms with E-state index >= 15 is 0 Å². The third-order valence-corrected chi connectivity index (χ3v) is 0.805. The van der Waals surface area contributed by atoms with Crippen LogP contribution in [0.4, 0.5) is 0 Å². The number of hydrogen-bond donors (Lipinski definition) is 0. The van der Waals surface area contributed by atoms with Crippen LogP contribution < -0.4 is 0 Å². The largest absolute Gasteiger partial charge is 0.303 e. The fourth-order valence-corrected chi connectivity index (χ4v) is 0.405. The van der Waals surface area contributed by atoms with Crippen LogP contribution in [0, 0.1) is 0 Å². The van der Waals surface area contributed by atoms with E-state index in [1.165, 1.54) is 0 Å². The van der Waals surface area contributed by atoms with Crippen LogP contribution in [0.15, 0.2) is 24.8 Å². The van der Waals surface area contributed by atoms with Crippen LogP contribution >= 0.6 is 0 Å². The average molecular weight is 110 g/mol. The first-order valence-electron chi connectivity index (χ1n) is 2.52. The summed E-state index contributed by atoms with van der Waals surface area (Å²) in [5.41, 5.74) is 0.926. The van der Waals surface area contributed by atoms with E-state index in [2.05, 4.69) is 13.2 Å². The summed E-state index contributed by atoms with van der Waals surface area (Å²) in [6, 6.07) is 0. The molecule has 0 unspecified atom stereocenters. The van der Waals surface area contributed by atoms with E-state index in [4.69, 9.17) is 0 Å². The molecular weight excluding hydrogens is 100 g/mol. The fourth-order valence-electron chi connectivity index (χ4n) is 0.405. The van der Waals surface area contributed by atoms with E-state index in [9.17, 15) is 4.79 Å². The molecule has 0 fully saturated rings. The third-order valence-electron chi connectivity index (χ3n) is 0.805. The predicted octanol–water partition coefficient (Wildman–Crippen LogP) is 1.71. The molecule has 0 aliphatic rings. The molecule has 0 saturated heterocycles. The van der Waals surface area contributed by atoms with Gasteiger partial charge >= 0.3 is 0 Å². The average Bonchev–Trinajstić information content (AvgIpc) is 1.68. The van der Waals surface area contributed by atoms with Crippen LogP contribution in [-0.2, 0) is 4.79 Å². The molecule has 1 heteroatoms. The Morgan fingerprint density at radius 1 is 1.50 bits per heavy atom. The van der Waals surface area contributed by atoms with Crippen molar-refractivity contribution in [2.45, 2.75) is 12.8 Å². The van der Waals surface area contributed by atoms with Gasteiger partial charge in [-0.3, -0.25) is 0 Å². The summed E-state index contributed by atoms with van der Waals surface area (Å²) in [6.07, 6.45) is 3.81. The lowest BCUT2D eigenvalue weighted by Crippen LogP contribution is -1.78. The summed E-state index contributed by atoms with van der Waals surface area (Å²) < 4.78 is 0. The lowest BCUT2D eigenvalue weighted by atomic mass is 10.2. The SMILES string of the molecule is C=CCC(=C)CC=O. The molecule has 0 bridgehead atoms. The Morgan fingerprint density at radius 3 is 2.50 bits per heavy atom. The summed E-state index contributed by atoms with van der Waals surface area (Å²) in [6.45, 7) is 7.14. The molecule has 0 saturated carbocycles. The highest BCUT2D eigenvalue weighted by molar-refractivity contribution is 5.53. The minimum atomic E-state index is 0.464. The quantitative estimate of drug-likeness (QED) is 0.397. The lowest BCUT2D eigenvalue weighted by Gasteiger charge is -1.90. The number of carbonyl (C=O) groups is 1. The zero-order chi connectivity index (χ0) is 6.41. The fraction of sp³-hybridized carbons (Fsp3) is 0.286. The highest BCUT2D eigenvalue weighted by atomic mass is 16.1. The molecule has 0 N–H and O–H groups in total. The van der Waals surface area contributed by atoms with Crippen LogP contribution in [0.1, 0.15) is 12.8 Å². The van der Waals surface area contributed by atoms with Crippen LogP contribution in [0.5, 0.6) is 0 Å². The Labute approximate surface area is 49.7 Å². The van der Waals surface area contributed by atoms with Gasteiger partial charge in [0.2, 0.25) is 0 Å². The summed E-state index contributed by atoms with van der Waals surface area (Å²) in [4.78, 5) is 9.79. The third kappa shape index (κ3) is 3.34. The van der Waals surface area contributed by atoms with E-state index in [0.717, 1.165) is 18.3 Å². The van der Waals surface area contributed by atoms with Crippen molar-refractivity contribution in [1.82, 2.24) is 0 Å². The smallest absolute Gasteiger partial charge is 0.124 e. The first-order chi connectivity index (χ1) is 3.81. The van der Waals surface area contributed by atoms with Gasteiger partial charge in [0.1, 0.15) is 6.29 Å². The van der Waals surface area contributed by atoms with Gasteiger partial charge in [0.25, 0.3) is 0 Å². The van der Waals surface area contributed by atoms with Crippen molar-refractivity contribution in [2.24, 2.45) is 0 Å². The second kappa shape index (κ2) is 4.31. The molecule has 0 aliphatic heterocycles. The topological polar surface area (TPSA) is 17.1 Å². The number of rotatable bonds is 4. The monoisotopic (exact) mass is 110 g/mol. The van der Waals surface area contributed by atoms with Crippen LogP contribution in [-0.4, -0.2) is 6.29 Å². The Hall–Kier alpha value is -0.850. The van der Waals surface area contributed by atoms with Crippen LogP contribution in [0.3, 0.4) is 0 Å². The molecule has 0 aromatic carbocycles. The van der Waals surface area contributed by atoms with E-state index in [1.54, 1.807) is 6.08 Å². The maximum absolute atomic E-state index is 9.79. The second-order valence-electron chi connectivity index (χ2n) is 1.61. The van der Waals surface area contributed by atoms with Crippen molar-refractivity contribution < 1.29 is 4.79 Å². The molecule has 1 nitrogen and oxygen atoms in total. The molecule has 0 aliphatic carbocycles. The second-order valence-corrected chi connectivity index (χ2v) is 1.61. The molecule has 0 aromatic heterocycles. The molecule has 0 heterocycles. The highest BCUT2D eigenvalue weighted by Crippen LogP contribution is 1.99. The Kier molecular flexibility index (Phi) is 3.85. The number of aldehydes is 1. The summed E-state index contributed by atoms with van der Waals surface area (Å²) in [7, 11) is 0.